The van der Waals surface area contributed by atoms with Crippen LogP contribution in [0.5, 0.6) is 0 Å². The lowest BCUT2D eigenvalue weighted by molar-refractivity contribution is 0.471. The van der Waals surface area contributed by atoms with Crippen LogP contribution in [0.4, 0.5) is 0 Å². The van der Waals surface area contributed by atoms with Gasteiger partial charge in [-0.2, -0.15) is 0 Å². The summed E-state index contributed by atoms with van der Waals surface area (Å²) in [5.41, 5.74) is 16.2. The van der Waals surface area contributed by atoms with E-state index in [1.807, 2.05) is 0 Å². The minimum atomic E-state index is -3.90. The zero-order valence-corrected chi connectivity index (χ0v) is 10.7. The van der Waals surface area contributed by atoms with E-state index in [9.17, 15) is 16.8 Å². The Balaban J connectivity index is 2.79. The fraction of sp³-hybridized carbons (Fsp3) is 1.00. The summed E-state index contributed by atoms with van der Waals surface area (Å²) in [6, 6.07) is 0. The van der Waals surface area contributed by atoms with Gasteiger partial charge < -0.3 is 0 Å². The minimum absolute atomic E-state index is 0.0617. The maximum atomic E-state index is 11.4. The van der Waals surface area contributed by atoms with E-state index in [1.165, 1.54) is 0 Å². The Labute approximate surface area is 103 Å². The van der Waals surface area contributed by atoms with Crippen molar-refractivity contribution in [2.45, 2.75) is 36.2 Å². The third kappa shape index (κ3) is 3.26. The zero-order chi connectivity index (χ0) is 13.8. The van der Waals surface area contributed by atoms with E-state index >= 15 is 0 Å². The van der Waals surface area contributed by atoms with Gasteiger partial charge in [0.1, 0.15) is 0 Å². The number of hydrogen-bond donors (Lipinski definition) is 0. The van der Waals surface area contributed by atoms with Crippen molar-refractivity contribution in [3.8, 4) is 0 Å². The van der Waals surface area contributed by atoms with Gasteiger partial charge in [0, 0.05) is 18.9 Å². The third-order valence-electron chi connectivity index (χ3n) is 2.76. The average molecular weight is 294 g/mol. The van der Waals surface area contributed by atoms with Gasteiger partial charge in [0.25, 0.3) is 0 Å². The predicted molar refractivity (Wildman–Crippen MR) is 62.2 cm³/mol. The van der Waals surface area contributed by atoms with Crippen LogP contribution in [0.25, 0.3) is 20.9 Å². The molecule has 0 amide bonds. The first kappa shape index (κ1) is 14.6. The molecule has 1 saturated carbocycles. The van der Waals surface area contributed by atoms with Gasteiger partial charge in [0.05, 0.1) is 10.5 Å². The van der Waals surface area contributed by atoms with Gasteiger partial charge in [-0.05, 0) is 36.7 Å². The second-order valence-electron chi connectivity index (χ2n) is 3.77. The van der Waals surface area contributed by atoms with Crippen LogP contribution >= 0.6 is 0 Å². The van der Waals surface area contributed by atoms with Gasteiger partial charge in [-0.25, -0.2) is 16.8 Å². The van der Waals surface area contributed by atoms with Crippen molar-refractivity contribution >= 4 is 20.0 Å². The van der Waals surface area contributed by atoms with Crippen LogP contribution in [0.3, 0.4) is 0 Å². The molecule has 100 valence electrons. The predicted octanol–water partition coefficient (Wildman–Crippen LogP) is 1.58. The first-order valence-electron chi connectivity index (χ1n) is 4.94. The van der Waals surface area contributed by atoms with Crippen LogP contribution in [-0.4, -0.2) is 27.3 Å². The van der Waals surface area contributed by atoms with E-state index in [0.29, 0.717) is 0 Å². The number of azide groups is 2. The van der Waals surface area contributed by atoms with Gasteiger partial charge in [-0.1, -0.05) is 0 Å². The van der Waals surface area contributed by atoms with Crippen LogP contribution in [0.2, 0.25) is 0 Å². The summed E-state index contributed by atoms with van der Waals surface area (Å²) in [6.07, 6.45) is 0.247. The van der Waals surface area contributed by atoms with Crippen molar-refractivity contribution in [3.05, 3.63) is 20.9 Å². The maximum absolute atomic E-state index is 11.4. The monoisotopic (exact) mass is 294 g/mol. The molecule has 18 heavy (non-hydrogen) atoms. The molecule has 0 aliphatic heterocycles. The second kappa shape index (κ2) is 5.44. The van der Waals surface area contributed by atoms with Crippen LogP contribution < -0.4 is 0 Å². The fourth-order valence-electron chi connectivity index (χ4n) is 1.86. The van der Waals surface area contributed by atoms with E-state index in [-0.39, 0.29) is 25.7 Å². The number of rotatable bonds is 4. The quantitative estimate of drug-likeness (QED) is 0.436. The molecule has 1 aliphatic carbocycles. The fourth-order valence-corrected chi connectivity index (χ4v) is 4.07. The molecule has 1 fully saturated rings. The molecule has 1 rings (SSSR count). The largest absolute Gasteiger partial charge is 0.238 e. The lowest BCUT2D eigenvalue weighted by Gasteiger charge is -2.25. The first-order chi connectivity index (χ1) is 8.33. The van der Waals surface area contributed by atoms with E-state index in [0.717, 1.165) is 0 Å². The van der Waals surface area contributed by atoms with Crippen molar-refractivity contribution in [1.82, 2.24) is 0 Å². The molecule has 10 nitrogen and oxygen atoms in total. The summed E-state index contributed by atoms with van der Waals surface area (Å²) in [5, 5.41) is -1.74. The number of hydrogen-bond acceptors (Lipinski definition) is 4. The topological polar surface area (TPSA) is 166 Å². The summed E-state index contributed by atoms with van der Waals surface area (Å²) in [6.45, 7) is 0. The lowest BCUT2D eigenvalue weighted by Crippen LogP contribution is -2.31. The first-order valence-corrected chi connectivity index (χ1v) is 7.94. The second-order valence-corrected chi connectivity index (χ2v) is 7.49. The Hall–Kier alpha value is -1.48. The maximum Gasteiger partial charge on any atom is 0.238 e. The summed E-state index contributed by atoms with van der Waals surface area (Å²) < 4.78 is 51.1. The molecule has 0 aromatic rings. The molecule has 0 aromatic heterocycles. The van der Waals surface area contributed by atoms with Crippen LogP contribution in [0, 0.1) is 0 Å². The van der Waals surface area contributed by atoms with E-state index in [4.69, 9.17) is 11.1 Å². The van der Waals surface area contributed by atoms with E-state index in [1.54, 1.807) is 0 Å². The van der Waals surface area contributed by atoms with Crippen LogP contribution in [0.1, 0.15) is 25.7 Å². The van der Waals surface area contributed by atoms with Crippen LogP contribution in [-0.2, 0) is 20.0 Å². The van der Waals surface area contributed by atoms with Crippen molar-refractivity contribution in [3.63, 3.8) is 0 Å². The Bertz CT molecular complexity index is 548. The molecule has 0 saturated heterocycles. The van der Waals surface area contributed by atoms with Crippen molar-refractivity contribution in [2.75, 3.05) is 0 Å². The standard InChI is InChI=1S/C6H10N6O4S2/c7-9-11-17(13,14)5-1-2-6(4-3-5)18(15,16)12-10-8/h5-6H,1-4H2. The molecule has 0 bridgehead atoms. The van der Waals surface area contributed by atoms with Gasteiger partial charge >= 0.3 is 0 Å². The smallest absolute Gasteiger partial charge is 0.221 e. The van der Waals surface area contributed by atoms with E-state index in [2.05, 4.69) is 18.9 Å². The van der Waals surface area contributed by atoms with Gasteiger partial charge in [0.2, 0.25) is 20.0 Å². The Kier molecular flexibility index (Phi) is 4.41. The molecule has 0 radical (unpaired) electrons. The molecular weight excluding hydrogens is 284 g/mol. The summed E-state index contributed by atoms with van der Waals surface area (Å²) >= 11 is 0. The Morgan fingerprint density at radius 1 is 0.778 bits per heavy atom. The van der Waals surface area contributed by atoms with Crippen molar-refractivity contribution < 1.29 is 16.8 Å². The lowest BCUT2D eigenvalue weighted by atomic mass is 10.00. The number of sulfonamides is 2. The SMILES string of the molecule is [N-]=[N+]=NS(=O)(=O)C1CCC(S(=O)(=O)N=[N+]=[N-])CC1. The molecule has 1 aliphatic rings. The van der Waals surface area contributed by atoms with Crippen LogP contribution in [0.15, 0.2) is 9.04 Å². The van der Waals surface area contributed by atoms with Gasteiger partial charge in [-0.3, -0.25) is 0 Å². The molecule has 0 spiro atoms. The highest BCUT2D eigenvalue weighted by atomic mass is 32.2. The summed E-state index contributed by atoms with van der Waals surface area (Å²) in [4.78, 5) is 4.46. The third-order valence-corrected chi connectivity index (χ3v) is 5.99. The molecule has 12 heteroatoms. The molecule has 0 aromatic carbocycles. The van der Waals surface area contributed by atoms with E-state index < -0.39 is 30.5 Å². The normalized spacial score (nSPS) is 24.7. The molecular formula is C6H10N6O4S2. The summed E-state index contributed by atoms with van der Waals surface area (Å²) in [5.74, 6) is 0. The average Bonchev–Trinajstić information content (AvgIpc) is 2.29. The molecule has 0 atom stereocenters. The highest BCUT2D eigenvalue weighted by molar-refractivity contribution is 7.91. The highest BCUT2D eigenvalue weighted by Crippen LogP contribution is 2.29. The summed E-state index contributed by atoms with van der Waals surface area (Å²) in [7, 11) is -7.81. The highest BCUT2D eigenvalue weighted by Gasteiger charge is 2.35. The van der Waals surface area contributed by atoms with Crippen molar-refractivity contribution in [1.29, 1.82) is 0 Å². The van der Waals surface area contributed by atoms with Gasteiger partial charge in [0.15, 0.2) is 0 Å². The molecule has 0 unspecified atom stereocenters. The minimum Gasteiger partial charge on any atom is -0.221 e. The van der Waals surface area contributed by atoms with Gasteiger partial charge in [-0.15, -0.1) is 0 Å². The molecule has 0 N–H and O–H groups in total. The van der Waals surface area contributed by atoms with Crippen molar-refractivity contribution in [2.24, 2.45) is 9.04 Å². The zero-order valence-electron chi connectivity index (χ0n) is 9.12. The number of nitrogens with zero attached hydrogens (tertiary/aromatic N) is 6. The Morgan fingerprint density at radius 3 is 1.28 bits per heavy atom. The Morgan fingerprint density at radius 2 is 1.06 bits per heavy atom. The molecule has 0 heterocycles.